The Balaban J connectivity index is 4.47. The van der Waals surface area contributed by atoms with Crippen molar-refractivity contribution in [2.24, 2.45) is 5.92 Å². The second kappa shape index (κ2) is 9.32. The monoisotopic (exact) mass is 283 g/mol. The maximum atomic E-state index is 9.22. The Morgan fingerprint density at radius 1 is 1.56 bits per heavy atom. The Labute approximate surface area is 120 Å². The zero-order chi connectivity index (χ0) is 14.0. The summed E-state index contributed by atoms with van der Waals surface area (Å²) in [7, 11) is 0. The number of thioether (sulfide) groups is 1. The average Bonchev–Trinajstić information content (AvgIpc) is 2.36. The Hall–Kier alpha value is -0.630. The first-order chi connectivity index (χ1) is 8.49. The molecule has 0 spiro atoms. The summed E-state index contributed by atoms with van der Waals surface area (Å²) in [5, 5.41) is 18.1. The lowest BCUT2D eigenvalue weighted by Crippen LogP contribution is -2.21. The zero-order valence-electron chi connectivity index (χ0n) is 11.2. The minimum absolute atomic E-state index is 0.112. The van der Waals surface area contributed by atoms with Crippen molar-refractivity contribution < 1.29 is 5.11 Å². The predicted octanol–water partition coefficient (Wildman–Crippen LogP) is 3.87. The molecular weight excluding hydrogens is 262 g/mol. The van der Waals surface area contributed by atoms with E-state index in [1.165, 1.54) is 11.8 Å². The molecule has 0 rings (SSSR count). The normalized spacial score (nSPS) is 16.6. The molecule has 0 saturated heterocycles. The number of hydrogen-bond donors (Lipinski definition) is 1. The highest BCUT2D eigenvalue weighted by atomic mass is 32.2. The number of allylic oxidation sites excluding steroid dienone is 4. The van der Waals surface area contributed by atoms with E-state index in [0.717, 1.165) is 4.20 Å². The quantitative estimate of drug-likeness (QED) is 0.569. The van der Waals surface area contributed by atoms with Gasteiger partial charge in [-0.2, -0.15) is 5.26 Å². The van der Waals surface area contributed by atoms with Gasteiger partial charge >= 0.3 is 0 Å². The van der Waals surface area contributed by atoms with Crippen LogP contribution in [-0.4, -0.2) is 20.7 Å². The molecule has 18 heavy (non-hydrogen) atoms. The molecule has 0 aliphatic carbocycles. The van der Waals surface area contributed by atoms with E-state index >= 15 is 0 Å². The van der Waals surface area contributed by atoms with E-state index in [-0.39, 0.29) is 12.5 Å². The molecule has 0 aromatic heterocycles. The topological polar surface area (TPSA) is 44.0 Å². The molecule has 4 heteroatoms. The molecule has 2 unspecified atom stereocenters. The molecular formula is C14H21NOS2. The van der Waals surface area contributed by atoms with E-state index in [2.05, 4.69) is 6.07 Å². The van der Waals surface area contributed by atoms with E-state index in [0.29, 0.717) is 12.8 Å². The number of thiocarbonyl (C=S) groups is 1. The summed E-state index contributed by atoms with van der Waals surface area (Å²) in [5.74, 6) is 0.156. The van der Waals surface area contributed by atoms with Gasteiger partial charge in [0.25, 0.3) is 0 Å². The van der Waals surface area contributed by atoms with E-state index in [9.17, 15) is 5.26 Å². The molecule has 0 radical (unpaired) electrons. The molecule has 1 N–H and O–H groups in total. The first-order valence-corrected chi connectivity index (χ1v) is 7.26. The zero-order valence-corrected chi connectivity index (χ0v) is 12.9. The van der Waals surface area contributed by atoms with E-state index in [1.807, 2.05) is 45.1 Å². The second-order valence-electron chi connectivity index (χ2n) is 4.29. The van der Waals surface area contributed by atoms with E-state index in [1.54, 1.807) is 0 Å². The van der Waals surface area contributed by atoms with Crippen LogP contribution in [0.1, 0.15) is 33.6 Å². The molecule has 0 aliphatic heterocycles. The van der Waals surface area contributed by atoms with Crippen LogP contribution in [0.5, 0.6) is 0 Å². The molecule has 2 nitrogen and oxygen atoms in total. The van der Waals surface area contributed by atoms with Crippen molar-refractivity contribution in [3.63, 3.8) is 0 Å². The smallest absolute Gasteiger partial charge is 0.105 e. The number of hydrogen-bond acceptors (Lipinski definition) is 4. The maximum absolute atomic E-state index is 9.22. The van der Waals surface area contributed by atoms with Crippen LogP contribution in [0.15, 0.2) is 24.3 Å². The van der Waals surface area contributed by atoms with Gasteiger partial charge in [0.05, 0.1) is 10.3 Å². The van der Waals surface area contributed by atoms with Crippen LogP contribution < -0.4 is 0 Å². The lowest BCUT2D eigenvalue weighted by molar-refractivity contribution is 0.282. The molecule has 2 atom stereocenters. The fourth-order valence-electron chi connectivity index (χ4n) is 1.28. The minimum atomic E-state index is -0.539. The van der Waals surface area contributed by atoms with Gasteiger partial charge in [-0.05, 0) is 26.7 Å². The van der Waals surface area contributed by atoms with Gasteiger partial charge in [0.2, 0.25) is 0 Å². The van der Waals surface area contributed by atoms with Gasteiger partial charge in [-0.15, -0.1) is 0 Å². The minimum Gasteiger partial charge on any atom is -0.396 e. The molecule has 0 fully saturated rings. The van der Waals surface area contributed by atoms with Crippen LogP contribution in [0, 0.1) is 17.2 Å². The van der Waals surface area contributed by atoms with Crippen LogP contribution in [0.3, 0.4) is 0 Å². The van der Waals surface area contributed by atoms with Gasteiger partial charge in [-0.1, -0.05) is 55.2 Å². The predicted molar refractivity (Wildman–Crippen MR) is 83.6 cm³/mol. The van der Waals surface area contributed by atoms with Gasteiger partial charge in [-0.25, -0.2) is 0 Å². The van der Waals surface area contributed by atoms with Crippen LogP contribution in [0.4, 0.5) is 0 Å². The summed E-state index contributed by atoms with van der Waals surface area (Å²) in [6, 6.07) is 2.29. The standard InChI is InChI=1S/C14H21NOS2/c1-4-5-6-8-12(2)13(17)18-14(3,11-15)9-7-10-16/h4-6,8,12,16H,7,9-10H2,1-3H3/b5-4-,8-6-. The van der Waals surface area contributed by atoms with Crippen molar-refractivity contribution in [2.45, 2.75) is 38.4 Å². The summed E-state index contributed by atoms with van der Waals surface area (Å²) in [5.41, 5.74) is 0. The van der Waals surface area contributed by atoms with Gasteiger partial charge in [0, 0.05) is 12.5 Å². The van der Waals surface area contributed by atoms with Crippen molar-refractivity contribution in [3.8, 4) is 6.07 Å². The summed E-state index contributed by atoms with van der Waals surface area (Å²) < 4.78 is 0.278. The number of nitrogens with zero attached hydrogens (tertiary/aromatic N) is 1. The van der Waals surface area contributed by atoms with Crippen LogP contribution in [0.25, 0.3) is 0 Å². The molecule has 0 bridgehead atoms. The third kappa shape index (κ3) is 6.95. The van der Waals surface area contributed by atoms with Crippen molar-refractivity contribution in [1.82, 2.24) is 0 Å². The van der Waals surface area contributed by atoms with Crippen molar-refractivity contribution in [1.29, 1.82) is 5.26 Å². The molecule has 0 saturated carbocycles. The van der Waals surface area contributed by atoms with E-state index in [4.69, 9.17) is 17.3 Å². The van der Waals surface area contributed by atoms with Gasteiger partial charge < -0.3 is 5.11 Å². The lowest BCUT2D eigenvalue weighted by Gasteiger charge is -2.22. The third-order valence-electron chi connectivity index (χ3n) is 2.45. The van der Waals surface area contributed by atoms with Crippen molar-refractivity contribution in [3.05, 3.63) is 24.3 Å². The number of rotatable bonds is 7. The third-order valence-corrected chi connectivity index (χ3v) is 4.39. The van der Waals surface area contributed by atoms with Crippen LogP contribution in [-0.2, 0) is 0 Å². The summed E-state index contributed by atoms with van der Waals surface area (Å²) in [6.07, 6.45) is 9.19. The Bertz CT molecular complexity index is 357. The first-order valence-electron chi connectivity index (χ1n) is 6.03. The first kappa shape index (κ1) is 17.4. The number of aliphatic hydroxyl groups excluding tert-OH is 1. The lowest BCUT2D eigenvalue weighted by atomic mass is 10.1. The van der Waals surface area contributed by atoms with Crippen LogP contribution >= 0.6 is 24.0 Å². The SMILES string of the molecule is C/C=C\C=C/C(C)C(=S)SC(C)(C#N)CCCO. The van der Waals surface area contributed by atoms with Crippen molar-refractivity contribution in [2.75, 3.05) is 6.61 Å². The van der Waals surface area contributed by atoms with Crippen LogP contribution in [0.2, 0.25) is 0 Å². The fraction of sp³-hybridized carbons (Fsp3) is 0.571. The van der Waals surface area contributed by atoms with Gasteiger partial charge in [0.1, 0.15) is 4.75 Å². The fourth-order valence-corrected chi connectivity index (χ4v) is 2.91. The summed E-state index contributed by atoms with van der Waals surface area (Å²) in [4.78, 5) is 0. The molecule has 0 aromatic rings. The summed E-state index contributed by atoms with van der Waals surface area (Å²) in [6.45, 7) is 5.98. The second-order valence-corrected chi connectivity index (χ2v) is 6.53. The van der Waals surface area contributed by atoms with E-state index < -0.39 is 4.75 Å². The molecule has 0 heterocycles. The summed E-state index contributed by atoms with van der Waals surface area (Å²) >= 11 is 6.80. The Kier molecular flexibility index (Phi) is 8.99. The Morgan fingerprint density at radius 2 is 2.22 bits per heavy atom. The van der Waals surface area contributed by atoms with Crippen molar-refractivity contribution >= 4 is 28.2 Å². The number of nitriles is 1. The Morgan fingerprint density at radius 3 is 2.72 bits per heavy atom. The largest absolute Gasteiger partial charge is 0.396 e. The maximum Gasteiger partial charge on any atom is 0.105 e. The highest BCUT2D eigenvalue weighted by Gasteiger charge is 2.27. The highest BCUT2D eigenvalue weighted by Crippen LogP contribution is 2.33. The molecule has 0 aliphatic rings. The molecule has 100 valence electrons. The average molecular weight is 283 g/mol. The highest BCUT2D eigenvalue weighted by molar-refractivity contribution is 8.24. The van der Waals surface area contributed by atoms with Gasteiger partial charge in [0.15, 0.2) is 0 Å². The molecule has 0 aromatic carbocycles. The molecule has 0 amide bonds. The van der Waals surface area contributed by atoms with Gasteiger partial charge in [-0.3, -0.25) is 0 Å². The number of aliphatic hydroxyl groups is 1.